The van der Waals surface area contributed by atoms with Crippen LogP contribution in [0.4, 0.5) is 0 Å². The molecule has 2 aromatic rings. The number of carbonyl (C=O) groups excluding carboxylic acids is 2. The Morgan fingerprint density at radius 1 is 1.39 bits per heavy atom. The number of halogens is 1. The normalized spacial score (nSPS) is 9.89. The number of nitrogens with zero attached hydrogens (tertiary/aromatic N) is 1. The van der Waals surface area contributed by atoms with Crippen LogP contribution >= 0.6 is 11.6 Å². The van der Waals surface area contributed by atoms with E-state index < -0.39 is 0 Å². The summed E-state index contributed by atoms with van der Waals surface area (Å²) in [6, 6.07) is 6.18. The van der Waals surface area contributed by atoms with Crippen molar-refractivity contribution in [3.05, 3.63) is 35.5 Å². The third-order valence-electron chi connectivity index (χ3n) is 2.73. The second kappa shape index (κ2) is 6.97. The van der Waals surface area contributed by atoms with Crippen LogP contribution in [0.3, 0.4) is 0 Å². The first-order valence-corrected chi connectivity index (χ1v) is 6.19. The molecule has 4 heteroatoms. The Kier molecular flexibility index (Phi) is 5.59. The number of benzene rings is 1. The minimum atomic E-state index is 0.641. The molecule has 1 aromatic heterocycles. The van der Waals surface area contributed by atoms with Crippen LogP contribution in [0, 0.1) is 6.92 Å². The van der Waals surface area contributed by atoms with Gasteiger partial charge in [0.2, 0.25) is 0 Å². The number of alkyl halides is 1. The van der Waals surface area contributed by atoms with Gasteiger partial charge in [-0.05, 0) is 25.5 Å². The lowest BCUT2D eigenvalue weighted by molar-refractivity contribution is -0.0979. The molecular weight excluding hydrogens is 250 g/mol. The second-order valence-electron chi connectivity index (χ2n) is 3.96. The molecule has 0 N–H and O–H groups in total. The van der Waals surface area contributed by atoms with E-state index in [2.05, 4.69) is 22.8 Å². The number of carbonyl (C=O) groups is 2. The number of aromatic nitrogens is 1. The molecule has 0 spiro atoms. The molecule has 0 radical (unpaired) electrons. The van der Waals surface area contributed by atoms with E-state index in [0.29, 0.717) is 5.88 Å². The first-order valence-electron chi connectivity index (χ1n) is 5.66. The van der Waals surface area contributed by atoms with E-state index in [9.17, 15) is 4.79 Å². The minimum Gasteiger partial charge on any atom is -0.347 e. The Hall–Kier alpha value is -1.61. The molecular formula is C14H16ClNO2. The van der Waals surface area contributed by atoms with E-state index in [1.165, 1.54) is 5.56 Å². The van der Waals surface area contributed by atoms with Crippen molar-refractivity contribution in [2.75, 3.05) is 5.88 Å². The van der Waals surface area contributed by atoms with Crippen molar-refractivity contribution < 1.29 is 9.59 Å². The monoisotopic (exact) mass is 265 g/mol. The number of hydrogen-bond acceptors (Lipinski definition) is 2. The molecule has 0 aliphatic heterocycles. The van der Waals surface area contributed by atoms with Gasteiger partial charge >= 0.3 is 0 Å². The van der Waals surface area contributed by atoms with Gasteiger partial charge in [0.1, 0.15) is 6.79 Å². The smallest absolute Gasteiger partial charge is 0.152 e. The fraction of sp³-hybridized carbons (Fsp3) is 0.286. The molecule has 0 saturated heterocycles. The average Bonchev–Trinajstić information content (AvgIpc) is 2.76. The number of fused-ring (bicyclic) bond motifs is 1. The highest BCUT2D eigenvalue weighted by molar-refractivity contribution is 6.17. The zero-order valence-corrected chi connectivity index (χ0v) is 11.1. The van der Waals surface area contributed by atoms with Crippen LogP contribution in [0.25, 0.3) is 10.9 Å². The molecule has 1 heterocycles. The molecule has 2 rings (SSSR count). The minimum absolute atomic E-state index is 0.641. The molecule has 0 aliphatic rings. The molecule has 3 nitrogen and oxygen atoms in total. The molecule has 0 atom stereocenters. The predicted octanol–water partition coefficient (Wildman–Crippen LogP) is 3.21. The summed E-state index contributed by atoms with van der Waals surface area (Å²) in [5.41, 5.74) is 3.04. The van der Waals surface area contributed by atoms with Crippen molar-refractivity contribution in [1.29, 1.82) is 0 Å². The van der Waals surface area contributed by atoms with E-state index in [-0.39, 0.29) is 0 Å². The predicted molar refractivity (Wildman–Crippen MR) is 74.5 cm³/mol. The van der Waals surface area contributed by atoms with Crippen LogP contribution in [-0.2, 0) is 11.3 Å². The molecule has 0 fully saturated rings. The largest absolute Gasteiger partial charge is 0.347 e. The first kappa shape index (κ1) is 14.5. The van der Waals surface area contributed by atoms with Crippen molar-refractivity contribution in [3.8, 4) is 0 Å². The Morgan fingerprint density at radius 2 is 2.11 bits per heavy atom. The van der Waals surface area contributed by atoms with Crippen LogP contribution in [-0.4, -0.2) is 23.5 Å². The van der Waals surface area contributed by atoms with Gasteiger partial charge in [-0.2, -0.15) is 0 Å². The van der Waals surface area contributed by atoms with Gasteiger partial charge in [0.15, 0.2) is 6.29 Å². The van der Waals surface area contributed by atoms with Gasteiger partial charge in [0.25, 0.3) is 0 Å². The SMILES string of the molecule is C=O.Cc1ccc2c(c1)c(C=O)cn2CCCCl. The molecule has 18 heavy (non-hydrogen) atoms. The lowest BCUT2D eigenvalue weighted by Gasteiger charge is -2.03. The highest BCUT2D eigenvalue weighted by Crippen LogP contribution is 2.21. The topological polar surface area (TPSA) is 39.1 Å². The summed E-state index contributed by atoms with van der Waals surface area (Å²) in [5.74, 6) is 0.641. The maximum absolute atomic E-state index is 11.0. The van der Waals surface area contributed by atoms with Crippen molar-refractivity contribution in [2.24, 2.45) is 0 Å². The Labute approximate surface area is 111 Å². The van der Waals surface area contributed by atoms with Crippen LogP contribution in [0.1, 0.15) is 22.3 Å². The number of aryl methyl sites for hydroxylation is 2. The molecule has 0 aliphatic carbocycles. The summed E-state index contributed by atoms with van der Waals surface area (Å²) < 4.78 is 2.10. The van der Waals surface area contributed by atoms with Crippen LogP contribution in [0.2, 0.25) is 0 Å². The third-order valence-corrected chi connectivity index (χ3v) is 2.99. The van der Waals surface area contributed by atoms with Crippen molar-refractivity contribution in [1.82, 2.24) is 4.57 Å². The average molecular weight is 266 g/mol. The van der Waals surface area contributed by atoms with Crippen LogP contribution in [0.5, 0.6) is 0 Å². The molecule has 0 saturated carbocycles. The fourth-order valence-corrected chi connectivity index (χ4v) is 2.07. The fourth-order valence-electron chi connectivity index (χ4n) is 1.95. The summed E-state index contributed by atoms with van der Waals surface area (Å²) >= 11 is 5.69. The number of rotatable bonds is 4. The van der Waals surface area contributed by atoms with E-state index in [1.54, 1.807) is 0 Å². The van der Waals surface area contributed by atoms with E-state index in [1.807, 2.05) is 19.9 Å². The van der Waals surface area contributed by atoms with Crippen LogP contribution < -0.4 is 0 Å². The van der Waals surface area contributed by atoms with E-state index >= 15 is 0 Å². The first-order chi connectivity index (χ1) is 8.76. The standard InChI is InChI=1S/C13H14ClNO.CH2O/c1-10-3-4-13-12(7-10)11(9-16)8-15(13)6-2-5-14;1-2/h3-4,7-9H,2,5-6H2,1H3;1H2. The van der Waals surface area contributed by atoms with Crippen molar-refractivity contribution in [2.45, 2.75) is 19.9 Å². The van der Waals surface area contributed by atoms with Crippen molar-refractivity contribution in [3.63, 3.8) is 0 Å². The third kappa shape index (κ3) is 2.99. The quantitative estimate of drug-likeness (QED) is 0.629. The maximum Gasteiger partial charge on any atom is 0.152 e. The molecule has 0 unspecified atom stereocenters. The van der Waals surface area contributed by atoms with Gasteiger partial charge in [-0.25, -0.2) is 0 Å². The lowest BCUT2D eigenvalue weighted by atomic mass is 10.1. The Balaban J connectivity index is 0.000000771. The number of hydrogen-bond donors (Lipinski definition) is 0. The van der Waals surface area contributed by atoms with Gasteiger partial charge in [-0.3, -0.25) is 4.79 Å². The van der Waals surface area contributed by atoms with Gasteiger partial charge in [-0.1, -0.05) is 11.6 Å². The molecule has 1 aromatic carbocycles. The summed E-state index contributed by atoms with van der Waals surface area (Å²) in [5, 5.41) is 1.03. The van der Waals surface area contributed by atoms with Crippen molar-refractivity contribution >= 4 is 35.6 Å². The number of aldehydes is 1. The Morgan fingerprint density at radius 3 is 2.72 bits per heavy atom. The zero-order valence-electron chi connectivity index (χ0n) is 10.4. The molecule has 96 valence electrons. The summed E-state index contributed by atoms with van der Waals surface area (Å²) in [7, 11) is 0. The van der Waals surface area contributed by atoms with Gasteiger partial charge in [0, 0.05) is 35.1 Å². The van der Waals surface area contributed by atoms with E-state index in [0.717, 1.165) is 35.7 Å². The maximum atomic E-state index is 11.0. The highest BCUT2D eigenvalue weighted by atomic mass is 35.5. The van der Waals surface area contributed by atoms with Gasteiger partial charge < -0.3 is 9.36 Å². The van der Waals surface area contributed by atoms with E-state index in [4.69, 9.17) is 16.4 Å². The Bertz CT molecular complexity index is 534. The molecule has 0 amide bonds. The lowest BCUT2D eigenvalue weighted by Crippen LogP contribution is -1.96. The highest BCUT2D eigenvalue weighted by Gasteiger charge is 2.07. The zero-order chi connectivity index (χ0) is 13.5. The van der Waals surface area contributed by atoms with Crippen LogP contribution in [0.15, 0.2) is 24.4 Å². The summed E-state index contributed by atoms with van der Waals surface area (Å²) in [4.78, 5) is 19.0. The van der Waals surface area contributed by atoms with Gasteiger partial charge in [0.05, 0.1) is 0 Å². The van der Waals surface area contributed by atoms with Gasteiger partial charge in [-0.15, -0.1) is 11.6 Å². The summed E-state index contributed by atoms with van der Waals surface area (Å²) in [6.45, 7) is 4.89. The summed E-state index contributed by atoms with van der Waals surface area (Å²) in [6.07, 6.45) is 3.74. The molecule has 0 bridgehead atoms. The second-order valence-corrected chi connectivity index (χ2v) is 4.34.